The Labute approximate surface area is 150 Å². The second kappa shape index (κ2) is 7.84. The van der Waals surface area contributed by atoms with Crippen LogP contribution in [0.1, 0.15) is 24.5 Å². The maximum atomic E-state index is 12.4. The van der Waals surface area contributed by atoms with Crippen molar-refractivity contribution in [2.45, 2.75) is 33.3 Å². The number of benzene rings is 2. The highest BCUT2D eigenvalue weighted by Crippen LogP contribution is 2.26. The molecule has 0 saturated heterocycles. The Morgan fingerprint density at radius 2 is 2.00 bits per heavy atom. The molecule has 0 bridgehead atoms. The van der Waals surface area contributed by atoms with Crippen LogP contribution in [-0.2, 0) is 4.79 Å². The first kappa shape index (κ1) is 17.8. The van der Waals surface area contributed by atoms with Crippen LogP contribution in [-0.4, -0.2) is 12.0 Å². The Morgan fingerprint density at radius 3 is 2.65 bits per heavy atom. The summed E-state index contributed by atoms with van der Waals surface area (Å²) >= 11 is 9.38. The highest BCUT2D eigenvalue weighted by atomic mass is 79.9. The Kier molecular flexibility index (Phi) is 6.08. The number of nitrogens with one attached hydrogen (secondary N) is 1. The number of halogens is 2. The van der Waals surface area contributed by atoms with Crippen LogP contribution < -0.4 is 10.1 Å². The summed E-state index contributed by atoms with van der Waals surface area (Å²) < 4.78 is 6.70. The summed E-state index contributed by atoms with van der Waals surface area (Å²) in [6.45, 7) is 5.88. The molecule has 23 heavy (non-hydrogen) atoms. The van der Waals surface area contributed by atoms with Gasteiger partial charge in [0.2, 0.25) is 0 Å². The summed E-state index contributed by atoms with van der Waals surface area (Å²) in [7, 11) is 0. The molecule has 0 fully saturated rings. The van der Waals surface area contributed by atoms with Gasteiger partial charge in [0.05, 0.1) is 5.02 Å². The van der Waals surface area contributed by atoms with Crippen LogP contribution in [0.5, 0.6) is 5.75 Å². The van der Waals surface area contributed by atoms with Crippen LogP contribution in [0.25, 0.3) is 0 Å². The lowest BCUT2D eigenvalue weighted by molar-refractivity contribution is -0.122. The smallest absolute Gasteiger partial charge is 0.265 e. The maximum Gasteiger partial charge on any atom is 0.265 e. The molecule has 2 aromatic rings. The fourth-order valence-electron chi connectivity index (χ4n) is 2.11. The summed E-state index contributed by atoms with van der Waals surface area (Å²) in [6.07, 6.45) is 0.0154. The molecule has 0 aliphatic heterocycles. The number of aryl methyl sites for hydroxylation is 2. The first-order valence-electron chi connectivity index (χ1n) is 7.40. The molecule has 1 atom stereocenters. The number of carbonyl (C=O) groups is 1. The van der Waals surface area contributed by atoms with Gasteiger partial charge in [0.1, 0.15) is 5.75 Å². The number of hydrogen-bond donors (Lipinski definition) is 1. The number of carbonyl (C=O) groups excluding carboxylic acids is 1. The van der Waals surface area contributed by atoms with Crippen LogP contribution in [0, 0.1) is 13.8 Å². The minimum absolute atomic E-state index is 0.188. The van der Waals surface area contributed by atoms with Crippen molar-refractivity contribution in [1.29, 1.82) is 0 Å². The zero-order valence-electron chi connectivity index (χ0n) is 13.3. The van der Waals surface area contributed by atoms with Gasteiger partial charge in [-0.3, -0.25) is 4.79 Å². The molecule has 0 spiro atoms. The second-order valence-electron chi connectivity index (χ2n) is 5.40. The number of rotatable bonds is 5. The van der Waals surface area contributed by atoms with Gasteiger partial charge in [0.25, 0.3) is 5.91 Å². The molecule has 1 N–H and O–H groups in total. The van der Waals surface area contributed by atoms with Crippen molar-refractivity contribution in [1.82, 2.24) is 0 Å². The third-order valence-corrected chi connectivity index (χ3v) is 4.70. The van der Waals surface area contributed by atoms with E-state index in [1.165, 1.54) is 0 Å². The van der Waals surface area contributed by atoms with Gasteiger partial charge in [0, 0.05) is 10.2 Å². The SMILES string of the molecule is CC[C@H](Oc1cc(C)ccc1C)C(=O)Nc1ccc(Br)c(Cl)c1. The highest BCUT2D eigenvalue weighted by molar-refractivity contribution is 9.10. The van der Waals surface area contributed by atoms with Crippen LogP contribution in [0.2, 0.25) is 5.02 Å². The van der Waals surface area contributed by atoms with E-state index < -0.39 is 6.10 Å². The van der Waals surface area contributed by atoms with Gasteiger partial charge in [-0.25, -0.2) is 0 Å². The van der Waals surface area contributed by atoms with Crippen LogP contribution in [0.15, 0.2) is 40.9 Å². The minimum Gasteiger partial charge on any atom is -0.480 e. The molecule has 3 nitrogen and oxygen atoms in total. The van der Waals surface area contributed by atoms with Crippen molar-refractivity contribution in [2.24, 2.45) is 0 Å². The summed E-state index contributed by atoms with van der Waals surface area (Å²) in [5.74, 6) is 0.549. The van der Waals surface area contributed by atoms with E-state index in [4.69, 9.17) is 16.3 Å². The fraction of sp³-hybridized carbons (Fsp3) is 0.278. The number of hydrogen-bond acceptors (Lipinski definition) is 2. The first-order chi connectivity index (χ1) is 10.9. The maximum absolute atomic E-state index is 12.4. The van der Waals surface area contributed by atoms with Crippen molar-refractivity contribution in [3.63, 3.8) is 0 Å². The van der Waals surface area contributed by atoms with Crippen LogP contribution in [0.3, 0.4) is 0 Å². The Morgan fingerprint density at radius 1 is 1.26 bits per heavy atom. The molecule has 2 aromatic carbocycles. The largest absolute Gasteiger partial charge is 0.480 e. The second-order valence-corrected chi connectivity index (χ2v) is 6.66. The molecular formula is C18H19BrClNO2. The normalized spacial score (nSPS) is 11.9. The van der Waals surface area contributed by atoms with E-state index in [1.807, 2.05) is 39.0 Å². The number of ether oxygens (including phenoxy) is 1. The van der Waals surface area contributed by atoms with E-state index in [2.05, 4.69) is 21.2 Å². The van der Waals surface area contributed by atoms with Gasteiger partial charge < -0.3 is 10.1 Å². The van der Waals surface area contributed by atoms with Crippen molar-refractivity contribution < 1.29 is 9.53 Å². The molecule has 0 aliphatic carbocycles. The molecule has 0 unspecified atom stereocenters. The fourth-order valence-corrected chi connectivity index (χ4v) is 2.53. The van der Waals surface area contributed by atoms with E-state index in [9.17, 15) is 4.79 Å². The van der Waals surface area contributed by atoms with E-state index >= 15 is 0 Å². The topological polar surface area (TPSA) is 38.3 Å². The first-order valence-corrected chi connectivity index (χ1v) is 8.57. The predicted molar refractivity (Wildman–Crippen MR) is 98.4 cm³/mol. The van der Waals surface area contributed by atoms with E-state index in [-0.39, 0.29) is 5.91 Å². The number of anilines is 1. The van der Waals surface area contributed by atoms with Gasteiger partial charge in [0.15, 0.2) is 6.10 Å². The average molecular weight is 397 g/mol. The molecule has 122 valence electrons. The Hall–Kier alpha value is -1.52. The Bertz CT molecular complexity index is 718. The van der Waals surface area contributed by atoms with Crippen LogP contribution in [0.4, 0.5) is 5.69 Å². The molecule has 2 rings (SSSR count). The van der Waals surface area contributed by atoms with Crippen molar-refractivity contribution >= 4 is 39.1 Å². The molecule has 0 radical (unpaired) electrons. The summed E-state index contributed by atoms with van der Waals surface area (Å²) in [4.78, 5) is 12.4. The van der Waals surface area contributed by atoms with E-state index in [0.717, 1.165) is 21.3 Å². The molecule has 0 aromatic heterocycles. The summed E-state index contributed by atoms with van der Waals surface area (Å²) in [6, 6.07) is 11.2. The molecule has 5 heteroatoms. The Balaban J connectivity index is 2.11. The van der Waals surface area contributed by atoms with Crippen LogP contribution >= 0.6 is 27.5 Å². The average Bonchev–Trinajstić information content (AvgIpc) is 2.51. The number of amides is 1. The lowest BCUT2D eigenvalue weighted by atomic mass is 10.1. The van der Waals surface area contributed by atoms with Crippen molar-refractivity contribution in [2.75, 3.05) is 5.32 Å². The third kappa shape index (κ3) is 4.72. The van der Waals surface area contributed by atoms with Gasteiger partial charge >= 0.3 is 0 Å². The quantitative estimate of drug-likeness (QED) is 0.723. The van der Waals surface area contributed by atoms with Gasteiger partial charge in [-0.05, 0) is 71.6 Å². The monoisotopic (exact) mass is 395 g/mol. The minimum atomic E-state index is -0.557. The summed E-state index contributed by atoms with van der Waals surface area (Å²) in [5.41, 5.74) is 2.75. The van der Waals surface area contributed by atoms with E-state index in [1.54, 1.807) is 18.2 Å². The molecule has 0 aliphatic rings. The zero-order chi connectivity index (χ0) is 17.0. The van der Waals surface area contributed by atoms with E-state index in [0.29, 0.717) is 17.1 Å². The molecule has 0 heterocycles. The third-order valence-electron chi connectivity index (χ3n) is 3.46. The van der Waals surface area contributed by atoms with Gasteiger partial charge in [-0.15, -0.1) is 0 Å². The highest BCUT2D eigenvalue weighted by Gasteiger charge is 2.19. The zero-order valence-corrected chi connectivity index (χ0v) is 15.7. The van der Waals surface area contributed by atoms with Crippen molar-refractivity contribution in [3.05, 3.63) is 57.0 Å². The lowest BCUT2D eigenvalue weighted by Gasteiger charge is -2.19. The predicted octanol–water partition coefficient (Wildman–Crippen LogP) is 5.52. The summed E-state index contributed by atoms with van der Waals surface area (Å²) in [5, 5.41) is 3.39. The molecule has 1 amide bonds. The van der Waals surface area contributed by atoms with Gasteiger partial charge in [-0.2, -0.15) is 0 Å². The molecule has 0 saturated carbocycles. The van der Waals surface area contributed by atoms with Gasteiger partial charge in [-0.1, -0.05) is 30.7 Å². The standard InChI is InChI=1S/C18H19BrClNO2/c1-4-16(23-17-9-11(2)5-6-12(17)3)18(22)21-13-7-8-14(19)15(20)10-13/h5-10,16H,4H2,1-3H3,(H,21,22)/t16-/m0/s1. The molecular weight excluding hydrogens is 378 g/mol. The van der Waals surface area contributed by atoms with Crippen molar-refractivity contribution in [3.8, 4) is 5.75 Å². The lowest BCUT2D eigenvalue weighted by Crippen LogP contribution is -2.32.